The number of hydrogen-bond acceptors (Lipinski definition) is 6. The van der Waals surface area contributed by atoms with Crippen LogP contribution in [0, 0.1) is 13.8 Å². The maximum Gasteiger partial charge on any atom is 0.295 e. The summed E-state index contributed by atoms with van der Waals surface area (Å²) in [7, 11) is 0. The zero-order chi connectivity index (χ0) is 26.3. The zero-order valence-electron chi connectivity index (χ0n) is 21.1. The topological polar surface area (TPSA) is 96.3 Å². The largest absolute Gasteiger partial charge is 0.507 e. The van der Waals surface area contributed by atoms with E-state index in [1.807, 2.05) is 32.0 Å². The highest BCUT2D eigenvalue weighted by Crippen LogP contribution is 2.43. The van der Waals surface area contributed by atoms with Crippen LogP contribution >= 0.6 is 0 Å². The normalized spacial score (nSPS) is 18.1. The second-order valence-corrected chi connectivity index (χ2v) is 9.44. The summed E-state index contributed by atoms with van der Waals surface area (Å²) < 4.78 is 11.2. The first-order valence-electron chi connectivity index (χ1n) is 12.3. The van der Waals surface area contributed by atoms with Gasteiger partial charge in [-0.15, -0.1) is 0 Å². The monoisotopic (exact) mass is 499 g/mol. The number of phenolic OH excluding ortho intramolecular Hbond substituents is 1. The minimum atomic E-state index is -0.871. The Labute approximate surface area is 215 Å². The minimum absolute atomic E-state index is 0.00214. The van der Waals surface area contributed by atoms with E-state index in [-0.39, 0.29) is 29.4 Å². The molecule has 2 aliphatic heterocycles. The van der Waals surface area contributed by atoms with Crippen molar-refractivity contribution in [2.45, 2.75) is 39.8 Å². The lowest BCUT2D eigenvalue weighted by atomic mass is 9.94. The number of benzene rings is 3. The highest BCUT2D eigenvalue weighted by Gasteiger charge is 2.46. The summed E-state index contributed by atoms with van der Waals surface area (Å²) in [6, 6.07) is 15.1. The van der Waals surface area contributed by atoms with Gasteiger partial charge in [0.2, 0.25) is 0 Å². The molecule has 1 saturated heterocycles. The van der Waals surface area contributed by atoms with Crippen LogP contribution < -0.4 is 9.47 Å². The Kier molecular flexibility index (Phi) is 6.38. The molecule has 0 aromatic heterocycles. The van der Waals surface area contributed by atoms with Gasteiger partial charge in [0.25, 0.3) is 11.7 Å². The SMILES string of the molecule is CCOc1cc(C2/C(=C(\O)c3ccc4c(c3)CCO4)C(=O)C(=O)N2Cc2cc(C)ccc2C)ccc1O. The first-order chi connectivity index (χ1) is 17.8. The maximum absolute atomic E-state index is 13.5. The van der Waals surface area contributed by atoms with Gasteiger partial charge in [-0.2, -0.15) is 0 Å². The third kappa shape index (κ3) is 4.42. The molecule has 0 aliphatic carbocycles. The molecular weight excluding hydrogens is 470 g/mol. The number of carbonyl (C=O) groups is 2. The Hall–Kier alpha value is -4.26. The van der Waals surface area contributed by atoms with Gasteiger partial charge in [-0.3, -0.25) is 9.59 Å². The van der Waals surface area contributed by atoms with Crippen LogP contribution in [0.25, 0.3) is 5.76 Å². The van der Waals surface area contributed by atoms with E-state index in [9.17, 15) is 19.8 Å². The first kappa shape index (κ1) is 24.4. The number of Topliss-reactive ketones (excluding diaryl/α,β-unsaturated/α-hetero) is 1. The Morgan fingerprint density at radius 3 is 2.68 bits per heavy atom. The van der Waals surface area contributed by atoms with Crippen molar-refractivity contribution in [3.63, 3.8) is 0 Å². The molecule has 1 atom stereocenters. The van der Waals surface area contributed by atoms with E-state index in [1.165, 1.54) is 11.0 Å². The van der Waals surface area contributed by atoms with Crippen LogP contribution in [0.1, 0.15) is 46.3 Å². The third-order valence-corrected chi connectivity index (χ3v) is 6.95. The Morgan fingerprint density at radius 1 is 1.08 bits per heavy atom. The van der Waals surface area contributed by atoms with Crippen LogP contribution in [0.15, 0.2) is 60.2 Å². The molecule has 2 heterocycles. The molecule has 0 saturated carbocycles. The van der Waals surface area contributed by atoms with Gasteiger partial charge in [0.15, 0.2) is 11.5 Å². The molecule has 37 heavy (non-hydrogen) atoms. The fourth-order valence-corrected chi connectivity index (χ4v) is 5.01. The van der Waals surface area contributed by atoms with Crippen LogP contribution in [-0.4, -0.2) is 40.0 Å². The summed E-state index contributed by atoms with van der Waals surface area (Å²) in [5, 5.41) is 21.7. The van der Waals surface area contributed by atoms with Crippen molar-refractivity contribution in [1.29, 1.82) is 0 Å². The van der Waals surface area contributed by atoms with Crippen LogP contribution in [-0.2, 0) is 22.6 Å². The maximum atomic E-state index is 13.5. The average molecular weight is 500 g/mol. The number of phenols is 1. The number of nitrogens with zero attached hydrogens (tertiary/aromatic N) is 1. The number of ketones is 1. The molecule has 7 heteroatoms. The molecule has 2 aliphatic rings. The first-order valence-corrected chi connectivity index (χ1v) is 12.3. The summed E-state index contributed by atoms with van der Waals surface area (Å²) in [6.45, 7) is 6.81. The number of carbonyl (C=O) groups excluding carboxylic acids is 2. The number of aromatic hydroxyl groups is 1. The van der Waals surface area contributed by atoms with Gasteiger partial charge >= 0.3 is 0 Å². The van der Waals surface area contributed by atoms with E-state index in [4.69, 9.17) is 9.47 Å². The molecule has 1 unspecified atom stereocenters. The highest BCUT2D eigenvalue weighted by atomic mass is 16.5. The molecule has 0 radical (unpaired) electrons. The van der Waals surface area contributed by atoms with Crippen molar-refractivity contribution in [3.05, 3.63) is 93.6 Å². The number of aryl methyl sites for hydroxylation is 2. The van der Waals surface area contributed by atoms with E-state index in [1.54, 1.807) is 37.3 Å². The molecule has 0 spiro atoms. The van der Waals surface area contributed by atoms with Crippen molar-refractivity contribution < 1.29 is 29.3 Å². The van der Waals surface area contributed by atoms with Gasteiger partial charge in [-0.25, -0.2) is 0 Å². The van der Waals surface area contributed by atoms with Gasteiger partial charge < -0.3 is 24.6 Å². The minimum Gasteiger partial charge on any atom is -0.507 e. The van der Waals surface area contributed by atoms with E-state index in [0.29, 0.717) is 30.8 Å². The standard InChI is InChI=1S/C30H29NO6/c1-4-36-25-15-20(7-9-23(25)32)27-26(28(33)21-8-10-24-19(14-21)11-12-37-24)29(34)30(35)31(27)16-22-13-17(2)5-6-18(22)3/h5-10,13-15,27,32-33H,4,11-12,16H2,1-3H3/b28-26+. The second-order valence-electron chi connectivity index (χ2n) is 9.44. The van der Waals surface area contributed by atoms with Crippen molar-refractivity contribution in [2.24, 2.45) is 0 Å². The molecule has 2 N–H and O–H groups in total. The Bertz CT molecular complexity index is 1440. The number of hydrogen-bond donors (Lipinski definition) is 2. The Morgan fingerprint density at radius 2 is 1.89 bits per heavy atom. The number of aliphatic hydroxyl groups excluding tert-OH is 1. The van der Waals surface area contributed by atoms with E-state index in [0.717, 1.165) is 28.0 Å². The van der Waals surface area contributed by atoms with Crippen molar-refractivity contribution in [2.75, 3.05) is 13.2 Å². The zero-order valence-corrected chi connectivity index (χ0v) is 21.1. The summed E-state index contributed by atoms with van der Waals surface area (Å²) in [5.74, 6) is -0.739. The molecule has 1 amide bonds. The quantitative estimate of drug-likeness (QED) is 0.283. The number of ether oxygens (including phenoxy) is 2. The van der Waals surface area contributed by atoms with Gasteiger partial charge in [-0.1, -0.05) is 29.8 Å². The second kappa shape index (κ2) is 9.65. The van der Waals surface area contributed by atoms with Crippen molar-refractivity contribution in [3.8, 4) is 17.2 Å². The van der Waals surface area contributed by atoms with Crippen LogP contribution in [0.3, 0.4) is 0 Å². The summed E-state index contributed by atoms with van der Waals surface area (Å²) >= 11 is 0. The van der Waals surface area contributed by atoms with E-state index >= 15 is 0 Å². The summed E-state index contributed by atoms with van der Waals surface area (Å²) in [5.41, 5.74) is 4.88. The predicted octanol–water partition coefficient (Wildman–Crippen LogP) is 4.96. The smallest absolute Gasteiger partial charge is 0.295 e. The molecule has 190 valence electrons. The third-order valence-electron chi connectivity index (χ3n) is 6.95. The molecule has 3 aromatic carbocycles. The fraction of sp³-hybridized carbons (Fsp3) is 0.267. The van der Waals surface area contributed by atoms with Gasteiger partial charge in [0.1, 0.15) is 11.5 Å². The molecular formula is C30H29NO6. The van der Waals surface area contributed by atoms with Crippen molar-refractivity contribution >= 4 is 17.4 Å². The van der Waals surface area contributed by atoms with Crippen molar-refractivity contribution in [1.82, 2.24) is 4.90 Å². The predicted molar refractivity (Wildman–Crippen MR) is 139 cm³/mol. The van der Waals surface area contributed by atoms with Gasteiger partial charge in [-0.05, 0) is 73.4 Å². The lowest BCUT2D eigenvalue weighted by Gasteiger charge is -2.26. The van der Waals surface area contributed by atoms with E-state index in [2.05, 4.69) is 0 Å². The Balaban J connectivity index is 1.67. The van der Waals surface area contributed by atoms with Gasteiger partial charge in [0, 0.05) is 18.5 Å². The number of rotatable bonds is 6. The lowest BCUT2D eigenvalue weighted by Crippen LogP contribution is -2.29. The van der Waals surface area contributed by atoms with Crippen LogP contribution in [0.4, 0.5) is 0 Å². The molecule has 0 bridgehead atoms. The van der Waals surface area contributed by atoms with E-state index < -0.39 is 17.7 Å². The number of likely N-dealkylation sites (tertiary alicyclic amines) is 1. The van der Waals surface area contributed by atoms with Gasteiger partial charge in [0.05, 0.1) is 24.8 Å². The molecule has 1 fully saturated rings. The molecule has 5 rings (SSSR count). The molecule has 3 aromatic rings. The number of fused-ring (bicyclic) bond motifs is 1. The number of aliphatic hydroxyl groups is 1. The average Bonchev–Trinajstić information content (AvgIpc) is 3.45. The lowest BCUT2D eigenvalue weighted by molar-refractivity contribution is -0.140. The fourth-order valence-electron chi connectivity index (χ4n) is 5.01. The molecule has 7 nitrogen and oxygen atoms in total. The van der Waals surface area contributed by atoms with Crippen LogP contribution in [0.2, 0.25) is 0 Å². The summed E-state index contributed by atoms with van der Waals surface area (Å²) in [4.78, 5) is 28.4. The highest BCUT2D eigenvalue weighted by molar-refractivity contribution is 6.46. The van der Waals surface area contributed by atoms with Crippen LogP contribution in [0.5, 0.6) is 17.2 Å². The summed E-state index contributed by atoms with van der Waals surface area (Å²) in [6.07, 6.45) is 0.705. The number of amides is 1.